The largest absolute Gasteiger partial charge is 0.478 e. The van der Waals surface area contributed by atoms with Crippen LogP contribution in [0.15, 0.2) is 30.5 Å². The molecule has 1 heterocycles. The topological polar surface area (TPSA) is 50.2 Å². The predicted octanol–water partition coefficient (Wildman–Crippen LogP) is 1.83. The lowest BCUT2D eigenvalue weighted by Crippen LogP contribution is -1.91. The van der Waals surface area contributed by atoms with Gasteiger partial charge >= 0.3 is 5.97 Å². The molecule has 1 aromatic heterocycles. The summed E-state index contributed by atoms with van der Waals surface area (Å²) in [6.07, 6.45) is 6.09. The molecular weight excluding hydrogens is 178 g/mol. The van der Waals surface area contributed by atoms with Crippen LogP contribution in [0.1, 0.15) is 18.2 Å². The Labute approximate surface area is 83.1 Å². The van der Waals surface area contributed by atoms with Gasteiger partial charge in [-0.15, -0.1) is 0 Å². The number of aromatic nitrogens is 1. The first kappa shape index (κ1) is 10.4. The molecule has 74 valence electrons. The molecule has 0 saturated heterocycles. The summed E-state index contributed by atoms with van der Waals surface area (Å²) in [5, 5.41) is 8.37. The molecule has 0 fully saturated rings. The number of carboxylic acids is 1. The molecule has 3 heteroatoms. The van der Waals surface area contributed by atoms with E-state index in [1.165, 1.54) is 5.56 Å². The maximum absolute atomic E-state index is 10.2. The van der Waals surface area contributed by atoms with Gasteiger partial charge in [-0.25, -0.2) is 4.79 Å². The fourth-order valence-electron chi connectivity index (χ4n) is 1.07. The van der Waals surface area contributed by atoms with Crippen molar-refractivity contribution in [3.8, 4) is 0 Å². The molecule has 0 aromatic carbocycles. The Kier molecular flexibility index (Phi) is 3.85. The van der Waals surface area contributed by atoms with E-state index in [0.29, 0.717) is 6.42 Å². The number of pyridine rings is 1. The van der Waals surface area contributed by atoms with Gasteiger partial charge in [-0.05, 0) is 18.1 Å². The summed E-state index contributed by atoms with van der Waals surface area (Å²) in [6.45, 7) is 2.07. The lowest BCUT2D eigenvalue weighted by Gasteiger charge is -1.97. The van der Waals surface area contributed by atoms with Crippen molar-refractivity contribution in [3.63, 3.8) is 0 Å². The number of carboxylic acid groups (broad SMARTS) is 1. The summed E-state index contributed by atoms with van der Waals surface area (Å²) < 4.78 is 0. The molecule has 1 aromatic rings. The van der Waals surface area contributed by atoms with Crippen molar-refractivity contribution in [2.75, 3.05) is 0 Å². The monoisotopic (exact) mass is 191 g/mol. The Morgan fingerprint density at radius 2 is 2.36 bits per heavy atom. The number of aliphatic carboxylic acids is 1. The quantitative estimate of drug-likeness (QED) is 0.738. The molecule has 0 radical (unpaired) electrons. The first-order chi connectivity index (χ1) is 6.72. The van der Waals surface area contributed by atoms with Crippen molar-refractivity contribution < 1.29 is 9.90 Å². The van der Waals surface area contributed by atoms with Crippen molar-refractivity contribution in [3.05, 3.63) is 41.7 Å². The number of allylic oxidation sites excluding steroid dienone is 1. The Bertz CT molecular complexity index is 328. The smallest absolute Gasteiger partial charge is 0.327 e. The third-order valence-corrected chi connectivity index (χ3v) is 1.88. The van der Waals surface area contributed by atoms with Gasteiger partial charge in [-0.3, -0.25) is 4.98 Å². The van der Waals surface area contributed by atoms with Gasteiger partial charge in [-0.1, -0.05) is 19.1 Å². The van der Waals surface area contributed by atoms with E-state index in [-0.39, 0.29) is 0 Å². The van der Waals surface area contributed by atoms with Crippen LogP contribution in [0.5, 0.6) is 0 Å². The molecule has 0 saturated carbocycles. The Hall–Kier alpha value is -1.64. The second-order valence-electron chi connectivity index (χ2n) is 2.96. The molecule has 0 atom stereocenters. The first-order valence-corrected chi connectivity index (χ1v) is 4.55. The molecule has 0 amide bonds. The second kappa shape index (κ2) is 5.17. The Morgan fingerprint density at radius 3 is 2.86 bits per heavy atom. The molecule has 0 aliphatic heterocycles. The fourth-order valence-corrected chi connectivity index (χ4v) is 1.07. The van der Waals surface area contributed by atoms with Crippen LogP contribution in [-0.4, -0.2) is 16.1 Å². The van der Waals surface area contributed by atoms with E-state index in [1.54, 1.807) is 6.08 Å². The maximum atomic E-state index is 10.2. The highest BCUT2D eigenvalue weighted by atomic mass is 16.4. The molecule has 0 bridgehead atoms. The third kappa shape index (κ3) is 3.39. The number of aryl methyl sites for hydroxylation is 1. The summed E-state index contributed by atoms with van der Waals surface area (Å²) in [5.74, 6) is -0.921. The Morgan fingerprint density at radius 1 is 1.57 bits per heavy atom. The summed E-state index contributed by atoms with van der Waals surface area (Å²) >= 11 is 0. The van der Waals surface area contributed by atoms with Gasteiger partial charge in [0.2, 0.25) is 0 Å². The lowest BCUT2D eigenvalue weighted by atomic mass is 10.2. The number of hydrogen-bond acceptors (Lipinski definition) is 2. The summed E-state index contributed by atoms with van der Waals surface area (Å²) in [4.78, 5) is 14.4. The number of carbonyl (C=O) groups is 1. The molecule has 0 unspecified atom stereocenters. The molecule has 0 spiro atoms. The van der Waals surface area contributed by atoms with E-state index in [4.69, 9.17) is 5.11 Å². The third-order valence-electron chi connectivity index (χ3n) is 1.88. The zero-order chi connectivity index (χ0) is 10.4. The van der Waals surface area contributed by atoms with Crippen LogP contribution in [0.2, 0.25) is 0 Å². The van der Waals surface area contributed by atoms with Crippen LogP contribution in [0.3, 0.4) is 0 Å². The zero-order valence-electron chi connectivity index (χ0n) is 8.10. The van der Waals surface area contributed by atoms with E-state index in [2.05, 4.69) is 11.9 Å². The summed E-state index contributed by atoms with van der Waals surface area (Å²) in [6, 6.07) is 3.93. The van der Waals surface area contributed by atoms with Crippen molar-refractivity contribution in [1.82, 2.24) is 4.98 Å². The standard InChI is InChI=1S/C11H13NO2/c1-2-9-6-7-10(12-8-9)4-3-5-11(13)14/h3,5-8H,2,4H2,1H3,(H,13,14). The molecule has 1 rings (SSSR count). The van der Waals surface area contributed by atoms with E-state index in [9.17, 15) is 4.79 Å². The Balaban J connectivity index is 2.56. The van der Waals surface area contributed by atoms with Gasteiger partial charge in [0.15, 0.2) is 0 Å². The van der Waals surface area contributed by atoms with Crippen molar-refractivity contribution in [2.24, 2.45) is 0 Å². The van der Waals surface area contributed by atoms with Crippen LogP contribution in [0.4, 0.5) is 0 Å². The fraction of sp³-hybridized carbons (Fsp3) is 0.273. The summed E-state index contributed by atoms with van der Waals surface area (Å²) in [5.41, 5.74) is 2.08. The summed E-state index contributed by atoms with van der Waals surface area (Å²) in [7, 11) is 0. The molecular formula is C11H13NO2. The SMILES string of the molecule is CCc1ccc(CC=CC(=O)O)nc1. The lowest BCUT2D eigenvalue weighted by molar-refractivity contribution is -0.131. The van der Waals surface area contributed by atoms with Crippen LogP contribution in [-0.2, 0) is 17.6 Å². The van der Waals surface area contributed by atoms with Gasteiger partial charge in [0, 0.05) is 24.4 Å². The minimum Gasteiger partial charge on any atom is -0.478 e. The molecule has 3 nitrogen and oxygen atoms in total. The van der Waals surface area contributed by atoms with E-state index in [1.807, 2.05) is 18.3 Å². The number of nitrogens with zero attached hydrogens (tertiary/aromatic N) is 1. The highest BCUT2D eigenvalue weighted by Gasteiger charge is 1.93. The predicted molar refractivity (Wildman–Crippen MR) is 54.1 cm³/mol. The second-order valence-corrected chi connectivity index (χ2v) is 2.96. The van der Waals surface area contributed by atoms with Crippen LogP contribution in [0, 0.1) is 0 Å². The zero-order valence-corrected chi connectivity index (χ0v) is 8.10. The van der Waals surface area contributed by atoms with Gasteiger partial charge in [0.1, 0.15) is 0 Å². The first-order valence-electron chi connectivity index (χ1n) is 4.55. The maximum Gasteiger partial charge on any atom is 0.327 e. The van der Waals surface area contributed by atoms with E-state index in [0.717, 1.165) is 18.2 Å². The molecule has 1 N–H and O–H groups in total. The van der Waals surface area contributed by atoms with Crippen LogP contribution < -0.4 is 0 Å². The van der Waals surface area contributed by atoms with Gasteiger partial charge in [-0.2, -0.15) is 0 Å². The van der Waals surface area contributed by atoms with E-state index < -0.39 is 5.97 Å². The molecule has 14 heavy (non-hydrogen) atoms. The van der Waals surface area contributed by atoms with Crippen molar-refractivity contribution >= 4 is 5.97 Å². The van der Waals surface area contributed by atoms with Gasteiger partial charge in [0.25, 0.3) is 0 Å². The van der Waals surface area contributed by atoms with Crippen LogP contribution in [0.25, 0.3) is 0 Å². The average molecular weight is 191 g/mol. The van der Waals surface area contributed by atoms with Crippen molar-refractivity contribution in [1.29, 1.82) is 0 Å². The minimum atomic E-state index is -0.921. The highest BCUT2D eigenvalue weighted by Crippen LogP contribution is 2.01. The van der Waals surface area contributed by atoms with E-state index >= 15 is 0 Å². The normalized spacial score (nSPS) is 10.6. The van der Waals surface area contributed by atoms with Gasteiger partial charge < -0.3 is 5.11 Å². The van der Waals surface area contributed by atoms with Gasteiger partial charge in [0.05, 0.1) is 0 Å². The molecule has 0 aliphatic carbocycles. The minimum absolute atomic E-state index is 0.566. The molecule has 0 aliphatic rings. The number of rotatable bonds is 4. The average Bonchev–Trinajstić information content (AvgIpc) is 2.18. The van der Waals surface area contributed by atoms with Crippen molar-refractivity contribution in [2.45, 2.75) is 19.8 Å². The van der Waals surface area contributed by atoms with Crippen LogP contribution >= 0.6 is 0 Å². The number of hydrogen-bond donors (Lipinski definition) is 1. The highest BCUT2D eigenvalue weighted by molar-refractivity contribution is 5.79.